The van der Waals surface area contributed by atoms with Crippen LogP contribution >= 0.6 is 15.9 Å². The second-order valence-corrected chi connectivity index (χ2v) is 3.53. The molecule has 0 saturated carbocycles. The number of ketones is 1. The van der Waals surface area contributed by atoms with E-state index in [4.69, 9.17) is 0 Å². The summed E-state index contributed by atoms with van der Waals surface area (Å²) >= 11 is 3.09. The van der Waals surface area contributed by atoms with Gasteiger partial charge in [-0.3, -0.25) is 4.79 Å². The van der Waals surface area contributed by atoms with Gasteiger partial charge in [-0.05, 0) is 37.1 Å². The van der Waals surface area contributed by atoms with Crippen LogP contribution in [0.3, 0.4) is 0 Å². The van der Waals surface area contributed by atoms with Crippen LogP contribution in [0.2, 0.25) is 0 Å². The molecule has 0 aromatic heterocycles. The maximum absolute atomic E-state index is 13.0. The summed E-state index contributed by atoms with van der Waals surface area (Å²) < 4.78 is 13.0. The highest BCUT2D eigenvalue weighted by Gasteiger charge is 2.09. The highest BCUT2D eigenvalue weighted by molar-refractivity contribution is 9.09. The van der Waals surface area contributed by atoms with Gasteiger partial charge in [-0.1, -0.05) is 15.9 Å². The third-order valence-electron chi connectivity index (χ3n) is 1.93. The zero-order valence-electron chi connectivity index (χ0n) is 7.53. The van der Waals surface area contributed by atoms with Crippen molar-refractivity contribution in [2.24, 2.45) is 0 Å². The molecule has 0 heterocycles. The summed E-state index contributed by atoms with van der Waals surface area (Å²) in [4.78, 5) is 11.3. The number of halogens is 2. The van der Waals surface area contributed by atoms with E-state index < -0.39 is 0 Å². The molecule has 0 amide bonds. The molecule has 0 fully saturated rings. The monoisotopic (exact) mass is 244 g/mol. The highest BCUT2D eigenvalue weighted by atomic mass is 79.9. The lowest BCUT2D eigenvalue weighted by Gasteiger charge is -2.05. The Kier molecular flexibility index (Phi) is 3.20. The summed E-state index contributed by atoms with van der Waals surface area (Å²) in [6, 6.07) is 2.99. The van der Waals surface area contributed by atoms with Crippen LogP contribution in [0.4, 0.5) is 4.39 Å². The molecular weight excluding hydrogens is 235 g/mol. The quantitative estimate of drug-likeness (QED) is 0.578. The van der Waals surface area contributed by atoms with E-state index in [9.17, 15) is 9.18 Å². The minimum absolute atomic E-state index is 0.0133. The minimum Gasteiger partial charge on any atom is -0.293 e. The third-order valence-corrected chi connectivity index (χ3v) is 2.44. The number of hydrogen-bond donors (Lipinski definition) is 0. The first kappa shape index (κ1) is 10.4. The van der Waals surface area contributed by atoms with Crippen molar-refractivity contribution in [1.29, 1.82) is 0 Å². The predicted octanol–water partition coefficient (Wildman–Crippen LogP) is 3.02. The zero-order valence-corrected chi connectivity index (χ0v) is 9.11. The smallest absolute Gasteiger partial charge is 0.173 e. The number of benzene rings is 1. The average Bonchev–Trinajstić information content (AvgIpc) is 2.10. The fourth-order valence-corrected chi connectivity index (χ4v) is 1.46. The van der Waals surface area contributed by atoms with Crippen LogP contribution in [-0.4, -0.2) is 11.1 Å². The summed E-state index contributed by atoms with van der Waals surface area (Å²) in [6.45, 7) is 3.39. The van der Waals surface area contributed by atoms with Crippen molar-refractivity contribution >= 4 is 21.7 Å². The molecule has 0 atom stereocenters. The molecule has 1 nitrogen and oxygen atoms in total. The second-order valence-electron chi connectivity index (χ2n) is 2.97. The van der Waals surface area contributed by atoms with Crippen LogP contribution in [0.15, 0.2) is 12.1 Å². The number of carbonyl (C=O) groups excluding carboxylic acids is 1. The molecule has 1 aromatic carbocycles. The number of rotatable bonds is 2. The number of alkyl halides is 1. The fourth-order valence-electron chi connectivity index (χ4n) is 1.15. The van der Waals surface area contributed by atoms with E-state index in [2.05, 4.69) is 15.9 Å². The molecule has 1 aromatic rings. The van der Waals surface area contributed by atoms with Gasteiger partial charge in [-0.2, -0.15) is 0 Å². The Hall–Kier alpha value is -0.700. The number of Topliss-reactive ketones (excluding diaryl/α,β-unsaturated/α-hetero) is 1. The Bertz CT molecular complexity index is 347. The van der Waals surface area contributed by atoms with Crippen molar-refractivity contribution in [3.63, 3.8) is 0 Å². The van der Waals surface area contributed by atoms with Gasteiger partial charge in [0.25, 0.3) is 0 Å². The van der Waals surface area contributed by atoms with E-state index in [-0.39, 0.29) is 16.9 Å². The van der Waals surface area contributed by atoms with Gasteiger partial charge in [-0.25, -0.2) is 4.39 Å². The molecule has 0 aliphatic heterocycles. The van der Waals surface area contributed by atoms with Crippen molar-refractivity contribution in [3.8, 4) is 0 Å². The van der Waals surface area contributed by atoms with E-state index in [1.54, 1.807) is 19.9 Å². The standard InChI is InChI=1S/C10H10BrFO/c1-6-4-9(12)7(2)3-8(6)10(13)5-11/h3-4H,5H2,1-2H3. The van der Waals surface area contributed by atoms with Crippen molar-refractivity contribution in [2.45, 2.75) is 13.8 Å². The zero-order chi connectivity index (χ0) is 10.0. The van der Waals surface area contributed by atoms with Gasteiger partial charge >= 0.3 is 0 Å². The van der Waals surface area contributed by atoms with E-state index in [0.717, 1.165) is 0 Å². The Morgan fingerprint density at radius 3 is 2.54 bits per heavy atom. The van der Waals surface area contributed by atoms with Gasteiger partial charge < -0.3 is 0 Å². The first-order chi connectivity index (χ1) is 6.06. The van der Waals surface area contributed by atoms with Gasteiger partial charge in [0.2, 0.25) is 0 Å². The lowest BCUT2D eigenvalue weighted by molar-refractivity contribution is 0.102. The molecule has 0 saturated heterocycles. The van der Waals surface area contributed by atoms with Crippen molar-refractivity contribution in [1.82, 2.24) is 0 Å². The van der Waals surface area contributed by atoms with Crippen LogP contribution < -0.4 is 0 Å². The highest BCUT2D eigenvalue weighted by Crippen LogP contribution is 2.15. The third kappa shape index (κ3) is 2.15. The van der Waals surface area contributed by atoms with Crippen molar-refractivity contribution in [2.75, 3.05) is 5.33 Å². The van der Waals surface area contributed by atoms with Crippen LogP contribution in [-0.2, 0) is 0 Å². The predicted molar refractivity (Wildman–Crippen MR) is 54.0 cm³/mol. The molecule has 0 aliphatic carbocycles. The number of carbonyl (C=O) groups is 1. The topological polar surface area (TPSA) is 17.1 Å². The Labute approximate surface area is 85.1 Å². The fraction of sp³-hybridized carbons (Fsp3) is 0.300. The molecule has 0 N–H and O–H groups in total. The van der Waals surface area contributed by atoms with Crippen LogP contribution in [0.25, 0.3) is 0 Å². The molecule has 0 bridgehead atoms. The van der Waals surface area contributed by atoms with Gasteiger partial charge in [0.05, 0.1) is 5.33 Å². The van der Waals surface area contributed by atoms with Crippen LogP contribution in [0, 0.1) is 19.7 Å². The lowest BCUT2D eigenvalue weighted by atomic mass is 10.0. The Morgan fingerprint density at radius 1 is 1.38 bits per heavy atom. The molecule has 70 valence electrons. The van der Waals surface area contributed by atoms with Gasteiger partial charge in [0.15, 0.2) is 5.78 Å². The lowest BCUT2D eigenvalue weighted by Crippen LogP contribution is -2.04. The Balaban J connectivity index is 3.23. The Morgan fingerprint density at radius 2 is 2.00 bits per heavy atom. The summed E-state index contributed by atoms with van der Waals surface area (Å²) in [5.74, 6) is -0.274. The number of aryl methyl sites for hydroxylation is 2. The van der Waals surface area contributed by atoms with E-state index in [0.29, 0.717) is 16.7 Å². The minimum atomic E-state index is -0.261. The summed E-state index contributed by atoms with van der Waals surface area (Å²) in [6.07, 6.45) is 0. The number of hydrogen-bond acceptors (Lipinski definition) is 1. The SMILES string of the molecule is Cc1cc(C(=O)CBr)c(C)cc1F. The summed E-state index contributed by atoms with van der Waals surface area (Å²) in [5.41, 5.74) is 1.79. The van der Waals surface area contributed by atoms with Gasteiger partial charge in [0.1, 0.15) is 5.82 Å². The normalized spacial score (nSPS) is 10.2. The summed E-state index contributed by atoms with van der Waals surface area (Å²) in [7, 11) is 0. The maximum Gasteiger partial charge on any atom is 0.173 e. The van der Waals surface area contributed by atoms with Gasteiger partial charge in [-0.15, -0.1) is 0 Å². The first-order valence-corrected chi connectivity index (χ1v) is 5.04. The average molecular weight is 245 g/mol. The van der Waals surface area contributed by atoms with Crippen LogP contribution in [0.5, 0.6) is 0 Å². The molecule has 3 heteroatoms. The molecule has 13 heavy (non-hydrogen) atoms. The summed E-state index contributed by atoms with van der Waals surface area (Å²) in [5, 5.41) is 0.277. The molecule has 1 rings (SSSR count). The molecule has 0 unspecified atom stereocenters. The molecule has 0 radical (unpaired) electrons. The maximum atomic E-state index is 13.0. The van der Waals surface area contributed by atoms with Crippen LogP contribution in [0.1, 0.15) is 21.5 Å². The van der Waals surface area contributed by atoms with E-state index in [1.807, 2.05) is 0 Å². The van der Waals surface area contributed by atoms with Gasteiger partial charge in [0, 0.05) is 5.56 Å². The second kappa shape index (κ2) is 4.01. The molecule has 0 spiro atoms. The van der Waals surface area contributed by atoms with E-state index in [1.165, 1.54) is 6.07 Å². The van der Waals surface area contributed by atoms with Crippen molar-refractivity contribution < 1.29 is 9.18 Å². The van der Waals surface area contributed by atoms with Crippen molar-refractivity contribution in [3.05, 3.63) is 34.6 Å². The molecule has 0 aliphatic rings. The van der Waals surface area contributed by atoms with E-state index >= 15 is 0 Å². The first-order valence-electron chi connectivity index (χ1n) is 3.92. The molecular formula is C10H10BrFO. The largest absolute Gasteiger partial charge is 0.293 e.